The van der Waals surface area contributed by atoms with Gasteiger partial charge in [0.15, 0.2) is 0 Å². The Morgan fingerprint density at radius 2 is 2.14 bits per heavy atom. The van der Waals surface area contributed by atoms with E-state index in [0.29, 0.717) is 6.10 Å². The van der Waals surface area contributed by atoms with Gasteiger partial charge in [-0.15, -0.1) is 0 Å². The highest BCUT2D eigenvalue weighted by Gasteiger charge is 2.40. The van der Waals surface area contributed by atoms with Gasteiger partial charge >= 0.3 is 0 Å². The number of para-hydroxylation sites is 1. The van der Waals surface area contributed by atoms with Crippen LogP contribution in [-0.4, -0.2) is 25.4 Å². The summed E-state index contributed by atoms with van der Waals surface area (Å²) in [5.41, 5.74) is 2.61. The first kappa shape index (κ1) is 14.9. The van der Waals surface area contributed by atoms with Crippen LogP contribution in [0.3, 0.4) is 0 Å². The minimum atomic E-state index is 0.120. The summed E-state index contributed by atoms with van der Waals surface area (Å²) in [6.07, 6.45) is 7.40. The van der Waals surface area contributed by atoms with Gasteiger partial charge in [-0.2, -0.15) is 0 Å². The van der Waals surface area contributed by atoms with E-state index in [0.717, 1.165) is 31.7 Å². The standard InChI is InChI=1S/C18H27NO2/c1-14-6-5-7-15(13-19-2)17(14)21-16-8-11-20-18(12-16)9-3-4-10-18/h5-7,16,19H,3-4,8-13H2,1-2H3. The second kappa shape index (κ2) is 6.37. The molecule has 116 valence electrons. The Morgan fingerprint density at radius 1 is 1.33 bits per heavy atom. The number of benzene rings is 1. The molecule has 3 rings (SSSR count). The van der Waals surface area contributed by atoms with Gasteiger partial charge in [-0.25, -0.2) is 0 Å². The molecule has 2 aliphatic rings. The Balaban J connectivity index is 1.74. The van der Waals surface area contributed by atoms with E-state index < -0.39 is 0 Å². The summed E-state index contributed by atoms with van der Waals surface area (Å²) < 4.78 is 12.5. The fourth-order valence-corrected chi connectivity index (χ4v) is 3.83. The van der Waals surface area contributed by atoms with Crippen molar-refractivity contribution in [2.75, 3.05) is 13.7 Å². The van der Waals surface area contributed by atoms with Crippen molar-refractivity contribution in [3.63, 3.8) is 0 Å². The quantitative estimate of drug-likeness (QED) is 0.919. The Morgan fingerprint density at radius 3 is 2.90 bits per heavy atom. The van der Waals surface area contributed by atoms with Crippen LogP contribution in [0.5, 0.6) is 5.75 Å². The number of aryl methyl sites for hydroxylation is 1. The van der Waals surface area contributed by atoms with Crippen LogP contribution in [0.2, 0.25) is 0 Å². The minimum absolute atomic E-state index is 0.120. The second-order valence-corrected chi connectivity index (χ2v) is 6.56. The molecular formula is C18H27NO2. The topological polar surface area (TPSA) is 30.5 Å². The van der Waals surface area contributed by atoms with Crippen molar-refractivity contribution in [3.8, 4) is 5.75 Å². The summed E-state index contributed by atoms with van der Waals surface area (Å²) in [5.74, 6) is 1.08. The van der Waals surface area contributed by atoms with Crippen LogP contribution in [0.4, 0.5) is 0 Å². The maximum absolute atomic E-state index is 6.44. The predicted molar refractivity (Wildman–Crippen MR) is 84.7 cm³/mol. The van der Waals surface area contributed by atoms with Gasteiger partial charge in [0.2, 0.25) is 0 Å². The number of nitrogens with one attached hydrogen (secondary N) is 1. The third kappa shape index (κ3) is 3.24. The monoisotopic (exact) mass is 289 g/mol. The van der Waals surface area contributed by atoms with E-state index in [1.54, 1.807) is 0 Å². The summed E-state index contributed by atoms with van der Waals surface area (Å²) in [5, 5.41) is 3.23. The van der Waals surface area contributed by atoms with Crippen molar-refractivity contribution in [2.24, 2.45) is 0 Å². The van der Waals surface area contributed by atoms with Gasteiger partial charge in [-0.1, -0.05) is 31.0 Å². The maximum atomic E-state index is 6.44. The largest absolute Gasteiger partial charge is 0.490 e. The Hall–Kier alpha value is -1.06. The van der Waals surface area contributed by atoms with Gasteiger partial charge in [0.25, 0.3) is 0 Å². The van der Waals surface area contributed by atoms with Crippen LogP contribution in [0.25, 0.3) is 0 Å². The highest BCUT2D eigenvalue weighted by molar-refractivity contribution is 5.41. The van der Waals surface area contributed by atoms with Crippen LogP contribution in [-0.2, 0) is 11.3 Å². The first-order valence-electron chi connectivity index (χ1n) is 8.26. The zero-order chi connectivity index (χ0) is 14.7. The molecule has 3 heteroatoms. The van der Waals surface area contributed by atoms with Crippen molar-refractivity contribution >= 4 is 0 Å². The maximum Gasteiger partial charge on any atom is 0.127 e. The lowest BCUT2D eigenvalue weighted by Crippen LogP contribution is -2.41. The number of hydrogen-bond acceptors (Lipinski definition) is 3. The lowest BCUT2D eigenvalue weighted by atomic mass is 9.90. The summed E-state index contributed by atoms with van der Waals surface area (Å²) in [7, 11) is 1.98. The Labute approximate surface area is 128 Å². The van der Waals surface area contributed by atoms with Crippen molar-refractivity contribution in [2.45, 2.75) is 63.7 Å². The fraction of sp³-hybridized carbons (Fsp3) is 0.667. The van der Waals surface area contributed by atoms with E-state index in [2.05, 4.69) is 30.4 Å². The molecule has 0 bridgehead atoms. The number of ether oxygens (including phenoxy) is 2. The van der Waals surface area contributed by atoms with Crippen LogP contribution in [0.15, 0.2) is 18.2 Å². The molecule has 1 spiro atoms. The van der Waals surface area contributed by atoms with E-state index in [1.165, 1.54) is 36.8 Å². The van der Waals surface area contributed by atoms with Crippen LogP contribution in [0.1, 0.15) is 49.7 Å². The van der Waals surface area contributed by atoms with E-state index >= 15 is 0 Å². The van der Waals surface area contributed by atoms with E-state index in [1.807, 2.05) is 7.05 Å². The molecule has 3 nitrogen and oxygen atoms in total. The van der Waals surface area contributed by atoms with Crippen molar-refractivity contribution in [3.05, 3.63) is 29.3 Å². The molecule has 21 heavy (non-hydrogen) atoms. The normalized spacial score (nSPS) is 24.4. The predicted octanol–water partition coefficient (Wildman–Crippen LogP) is 3.59. The molecule has 1 saturated heterocycles. The molecule has 0 amide bonds. The van der Waals surface area contributed by atoms with Gasteiger partial charge < -0.3 is 14.8 Å². The molecular weight excluding hydrogens is 262 g/mol. The van der Waals surface area contributed by atoms with Crippen LogP contribution < -0.4 is 10.1 Å². The Bertz CT molecular complexity index is 480. The van der Waals surface area contributed by atoms with Crippen LogP contribution in [0, 0.1) is 6.92 Å². The van der Waals surface area contributed by atoms with Crippen LogP contribution >= 0.6 is 0 Å². The van der Waals surface area contributed by atoms with Crippen molar-refractivity contribution in [1.82, 2.24) is 5.32 Å². The molecule has 1 aromatic rings. The molecule has 1 N–H and O–H groups in total. The Kier molecular flexibility index (Phi) is 4.51. The lowest BCUT2D eigenvalue weighted by Gasteiger charge is -2.38. The average molecular weight is 289 g/mol. The molecule has 1 unspecified atom stereocenters. The minimum Gasteiger partial charge on any atom is -0.490 e. The molecule has 1 aromatic carbocycles. The highest BCUT2D eigenvalue weighted by atomic mass is 16.5. The summed E-state index contributed by atoms with van der Waals surface area (Å²) in [6, 6.07) is 6.40. The summed E-state index contributed by atoms with van der Waals surface area (Å²) in [4.78, 5) is 0. The molecule has 0 radical (unpaired) electrons. The fourth-order valence-electron chi connectivity index (χ4n) is 3.83. The summed E-state index contributed by atoms with van der Waals surface area (Å²) >= 11 is 0. The first-order valence-corrected chi connectivity index (χ1v) is 8.26. The molecule has 1 atom stereocenters. The van der Waals surface area contributed by atoms with E-state index in [9.17, 15) is 0 Å². The third-order valence-corrected chi connectivity index (χ3v) is 4.91. The third-order valence-electron chi connectivity index (χ3n) is 4.91. The summed E-state index contributed by atoms with van der Waals surface area (Å²) in [6.45, 7) is 3.84. The molecule has 0 aromatic heterocycles. The van der Waals surface area contributed by atoms with Gasteiger partial charge in [-0.05, 0) is 32.4 Å². The van der Waals surface area contributed by atoms with Crippen molar-refractivity contribution in [1.29, 1.82) is 0 Å². The zero-order valence-corrected chi connectivity index (χ0v) is 13.3. The highest BCUT2D eigenvalue weighted by Crippen LogP contribution is 2.41. The smallest absolute Gasteiger partial charge is 0.127 e. The molecule has 1 heterocycles. The SMILES string of the molecule is CNCc1cccc(C)c1OC1CCOC2(CCCC2)C1. The van der Waals surface area contributed by atoms with Gasteiger partial charge in [0.1, 0.15) is 11.9 Å². The molecule has 1 aliphatic heterocycles. The van der Waals surface area contributed by atoms with E-state index in [4.69, 9.17) is 9.47 Å². The van der Waals surface area contributed by atoms with Gasteiger partial charge in [-0.3, -0.25) is 0 Å². The number of hydrogen-bond donors (Lipinski definition) is 1. The molecule has 2 fully saturated rings. The molecule has 1 saturated carbocycles. The van der Waals surface area contributed by atoms with Gasteiger partial charge in [0.05, 0.1) is 12.2 Å². The lowest BCUT2D eigenvalue weighted by molar-refractivity contribution is -0.108. The van der Waals surface area contributed by atoms with Gasteiger partial charge in [0, 0.05) is 24.9 Å². The average Bonchev–Trinajstić information content (AvgIpc) is 2.91. The van der Waals surface area contributed by atoms with Crippen molar-refractivity contribution < 1.29 is 9.47 Å². The zero-order valence-electron chi connectivity index (χ0n) is 13.3. The second-order valence-electron chi connectivity index (χ2n) is 6.56. The molecule has 1 aliphatic carbocycles. The number of rotatable bonds is 4. The van der Waals surface area contributed by atoms with E-state index in [-0.39, 0.29) is 5.60 Å². The first-order chi connectivity index (χ1) is 10.2.